The van der Waals surface area contributed by atoms with Gasteiger partial charge in [-0.25, -0.2) is 0 Å². The molecule has 0 heterocycles. The monoisotopic (exact) mass is 154 g/mol. The molecule has 0 N–H and O–H groups in total. The molecular weight excluding hydrogens is 144 g/mol. The summed E-state index contributed by atoms with van der Waals surface area (Å²) in [7, 11) is 0. The molecule has 0 aromatic heterocycles. The number of fused-ring (bicyclic) bond motifs is 5. The first-order valence-electron chi connectivity index (χ1n) is 4.52. The summed E-state index contributed by atoms with van der Waals surface area (Å²) in [6, 6.07) is 8.76. The molecule has 0 aliphatic heterocycles. The summed E-state index contributed by atoms with van der Waals surface area (Å²) in [5.74, 6) is 7.86. The van der Waals surface area contributed by atoms with Crippen LogP contribution in [0.15, 0.2) is 24.3 Å². The van der Waals surface area contributed by atoms with Gasteiger partial charge in [0.2, 0.25) is 0 Å². The molecule has 0 spiro atoms. The van der Waals surface area contributed by atoms with Crippen LogP contribution in [-0.2, 0) is 0 Å². The van der Waals surface area contributed by atoms with Gasteiger partial charge in [0.25, 0.3) is 0 Å². The van der Waals surface area contributed by atoms with Gasteiger partial charge >= 0.3 is 0 Å². The molecule has 2 bridgehead atoms. The Kier molecular flexibility index (Phi) is 1.12. The van der Waals surface area contributed by atoms with Crippen LogP contribution in [0.25, 0.3) is 0 Å². The Balaban J connectivity index is 2.24. The normalized spacial score (nSPS) is 29.0. The van der Waals surface area contributed by atoms with Crippen molar-refractivity contribution < 1.29 is 0 Å². The lowest BCUT2D eigenvalue weighted by Gasteiger charge is -2.08. The lowest BCUT2D eigenvalue weighted by molar-refractivity contribution is 0.654. The molecule has 3 rings (SSSR count). The fourth-order valence-electron chi connectivity index (χ4n) is 2.37. The second kappa shape index (κ2) is 2.14. The first-order valence-corrected chi connectivity index (χ1v) is 4.52. The van der Waals surface area contributed by atoms with Crippen LogP contribution in [0.3, 0.4) is 0 Å². The van der Waals surface area contributed by atoms with Crippen molar-refractivity contribution in [3.8, 4) is 11.8 Å². The van der Waals surface area contributed by atoms with Crippen molar-refractivity contribution in [3.05, 3.63) is 35.4 Å². The summed E-state index contributed by atoms with van der Waals surface area (Å²) in [4.78, 5) is 0. The van der Waals surface area contributed by atoms with Crippen LogP contribution in [0.2, 0.25) is 0 Å². The van der Waals surface area contributed by atoms with Gasteiger partial charge in [0.1, 0.15) is 0 Å². The summed E-state index contributed by atoms with van der Waals surface area (Å²) in [6.07, 6.45) is 2.35. The first-order chi connectivity index (χ1) is 5.95. The molecule has 12 heavy (non-hydrogen) atoms. The number of hydrogen-bond acceptors (Lipinski definition) is 0. The van der Waals surface area contributed by atoms with E-state index in [-0.39, 0.29) is 0 Å². The van der Waals surface area contributed by atoms with Gasteiger partial charge in [-0.1, -0.05) is 30.2 Å². The van der Waals surface area contributed by atoms with Crippen LogP contribution in [0.1, 0.15) is 35.8 Å². The summed E-state index contributed by atoms with van der Waals surface area (Å²) in [5.41, 5.74) is 3.03. The van der Waals surface area contributed by atoms with E-state index >= 15 is 0 Å². The van der Waals surface area contributed by atoms with Gasteiger partial charge < -0.3 is 0 Å². The van der Waals surface area contributed by atoms with Crippen LogP contribution in [0.5, 0.6) is 0 Å². The second-order valence-corrected chi connectivity index (χ2v) is 3.64. The van der Waals surface area contributed by atoms with E-state index in [0.717, 1.165) is 12.3 Å². The summed E-state index contributed by atoms with van der Waals surface area (Å²) in [6.45, 7) is 0. The van der Waals surface area contributed by atoms with Crippen molar-refractivity contribution >= 4 is 0 Å². The van der Waals surface area contributed by atoms with E-state index in [1.807, 2.05) is 0 Å². The quantitative estimate of drug-likeness (QED) is 0.504. The van der Waals surface area contributed by atoms with E-state index in [0.29, 0.717) is 5.92 Å². The van der Waals surface area contributed by atoms with E-state index in [1.165, 1.54) is 12.0 Å². The van der Waals surface area contributed by atoms with Crippen LogP contribution in [-0.4, -0.2) is 0 Å². The van der Waals surface area contributed by atoms with Crippen LogP contribution in [0, 0.1) is 11.8 Å². The highest BCUT2D eigenvalue weighted by molar-refractivity contribution is 5.45. The summed E-state index contributed by atoms with van der Waals surface area (Å²) >= 11 is 0. The second-order valence-electron chi connectivity index (χ2n) is 3.64. The van der Waals surface area contributed by atoms with Gasteiger partial charge in [-0.15, -0.1) is 5.92 Å². The molecule has 0 heteroatoms. The predicted molar refractivity (Wildman–Crippen MR) is 48.9 cm³/mol. The Morgan fingerprint density at radius 2 is 2.00 bits per heavy atom. The third-order valence-corrected chi connectivity index (χ3v) is 2.96. The zero-order chi connectivity index (χ0) is 7.97. The van der Waals surface area contributed by atoms with E-state index in [2.05, 4.69) is 36.1 Å². The highest BCUT2D eigenvalue weighted by Crippen LogP contribution is 2.44. The van der Waals surface area contributed by atoms with Gasteiger partial charge in [0, 0.05) is 12.3 Å². The fourth-order valence-corrected chi connectivity index (χ4v) is 2.37. The van der Waals surface area contributed by atoms with Crippen molar-refractivity contribution in [2.24, 2.45) is 0 Å². The smallest absolute Gasteiger partial charge is 0.0461 e. The molecule has 0 saturated heterocycles. The molecule has 0 saturated carbocycles. The minimum atomic E-state index is 0.556. The lowest BCUT2D eigenvalue weighted by Crippen LogP contribution is -1.95. The molecule has 1 aromatic carbocycles. The topological polar surface area (TPSA) is 0 Å². The van der Waals surface area contributed by atoms with E-state index in [4.69, 9.17) is 0 Å². The molecule has 0 nitrogen and oxygen atoms in total. The van der Waals surface area contributed by atoms with Crippen LogP contribution >= 0.6 is 0 Å². The highest BCUT2D eigenvalue weighted by Gasteiger charge is 2.30. The maximum atomic E-state index is 3.32. The molecule has 0 radical (unpaired) electrons. The lowest BCUT2D eigenvalue weighted by atomic mass is 9.95. The number of benzene rings is 1. The largest absolute Gasteiger partial charge is 0.102 e. The summed E-state index contributed by atoms with van der Waals surface area (Å²) < 4.78 is 0. The standard InChI is InChI=1S/C12H10/c1-2-7-12-10-5-3-4-9(8-10)11(12)6-1/h1-2,6-7,9-10H,4,8H2. The zero-order valence-electron chi connectivity index (χ0n) is 6.88. The fraction of sp³-hybridized carbons (Fsp3) is 0.333. The van der Waals surface area contributed by atoms with Crippen molar-refractivity contribution in [3.63, 3.8) is 0 Å². The third kappa shape index (κ3) is 0.689. The van der Waals surface area contributed by atoms with E-state index in [9.17, 15) is 0 Å². The molecule has 2 aliphatic rings. The van der Waals surface area contributed by atoms with Crippen LogP contribution < -0.4 is 0 Å². The molecule has 2 atom stereocenters. The van der Waals surface area contributed by atoms with Gasteiger partial charge in [0.05, 0.1) is 0 Å². The minimum Gasteiger partial charge on any atom is -0.102 e. The van der Waals surface area contributed by atoms with Crippen LogP contribution in [0.4, 0.5) is 0 Å². The number of hydrogen-bond donors (Lipinski definition) is 0. The van der Waals surface area contributed by atoms with Crippen molar-refractivity contribution in [2.75, 3.05) is 0 Å². The maximum Gasteiger partial charge on any atom is 0.0461 e. The number of rotatable bonds is 0. The average Bonchev–Trinajstić information content (AvgIpc) is 2.41. The Labute approximate surface area is 72.6 Å². The van der Waals surface area contributed by atoms with Gasteiger partial charge in [-0.2, -0.15) is 0 Å². The third-order valence-electron chi connectivity index (χ3n) is 2.96. The van der Waals surface area contributed by atoms with Crippen molar-refractivity contribution in [1.82, 2.24) is 0 Å². The predicted octanol–water partition coefficient (Wildman–Crippen LogP) is 2.66. The Morgan fingerprint density at radius 1 is 1.17 bits per heavy atom. The Bertz CT molecular complexity index is 379. The molecular formula is C12H10. The van der Waals surface area contributed by atoms with Crippen molar-refractivity contribution in [1.29, 1.82) is 0 Å². The zero-order valence-corrected chi connectivity index (χ0v) is 6.88. The van der Waals surface area contributed by atoms with E-state index < -0.39 is 0 Å². The Hall–Kier alpha value is -1.22. The van der Waals surface area contributed by atoms with Gasteiger partial charge in [-0.05, 0) is 23.5 Å². The van der Waals surface area contributed by atoms with Gasteiger partial charge in [-0.3, -0.25) is 0 Å². The summed E-state index contributed by atoms with van der Waals surface area (Å²) in [5, 5.41) is 0. The van der Waals surface area contributed by atoms with Crippen molar-refractivity contribution in [2.45, 2.75) is 24.7 Å². The molecule has 1 aromatic rings. The van der Waals surface area contributed by atoms with E-state index in [1.54, 1.807) is 5.56 Å². The molecule has 2 unspecified atom stereocenters. The molecule has 0 fully saturated rings. The molecule has 0 amide bonds. The molecule has 58 valence electrons. The SMILES string of the molecule is C1#CC2CC(C1)c1ccccc12. The molecule has 2 aliphatic carbocycles. The average molecular weight is 154 g/mol. The first kappa shape index (κ1) is 6.31. The highest BCUT2D eigenvalue weighted by atomic mass is 14.3. The minimum absolute atomic E-state index is 0.556. The Morgan fingerprint density at radius 3 is 2.92 bits per heavy atom. The maximum absolute atomic E-state index is 3.32. The van der Waals surface area contributed by atoms with Gasteiger partial charge in [0.15, 0.2) is 0 Å².